The predicted molar refractivity (Wildman–Crippen MR) is 85.6 cm³/mol. The van der Waals surface area contributed by atoms with Gasteiger partial charge in [-0.15, -0.1) is 11.3 Å². The summed E-state index contributed by atoms with van der Waals surface area (Å²) in [6, 6.07) is 6.30. The van der Waals surface area contributed by atoms with Gasteiger partial charge in [-0.2, -0.15) is 0 Å². The van der Waals surface area contributed by atoms with Crippen molar-refractivity contribution >= 4 is 50.2 Å². The number of hydrogen-bond acceptors (Lipinski definition) is 4. The van der Waals surface area contributed by atoms with E-state index in [2.05, 4.69) is 4.72 Å². The minimum absolute atomic E-state index is 0.00168. The summed E-state index contributed by atoms with van der Waals surface area (Å²) in [4.78, 5) is 12.7. The maximum absolute atomic E-state index is 13.4. The van der Waals surface area contributed by atoms with Crippen molar-refractivity contribution in [1.82, 2.24) is 0 Å². The van der Waals surface area contributed by atoms with Gasteiger partial charge in [-0.25, -0.2) is 12.8 Å². The van der Waals surface area contributed by atoms with Gasteiger partial charge in [0.05, 0.1) is 15.7 Å². The van der Waals surface area contributed by atoms with Crippen LogP contribution < -0.4 is 9.62 Å². The van der Waals surface area contributed by atoms with Gasteiger partial charge in [-0.1, -0.05) is 11.6 Å². The second-order valence-corrected chi connectivity index (χ2v) is 8.03. The highest BCUT2D eigenvalue weighted by Gasteiger charge is 2.20. The first-order chi connectivity index (χ1) is 10.2. The number of carbonyl (C=O) groups is 1. The Balaban J connectivity index is 2.44. The van der Waals surface area contributed by atoms with E-state index in [0.717, 1.165) is 23.5 Å². The van der Waals surface area contributed by atoms with Crippen molar-refractivity contribution in [2.24, 2.45) is 0 Å². The molecule has 0 radical (unpaired) electrons. The fourth-order valence-corrected chi connectivity index (χ4v) is 4.24. The first-order valence-electron chi connectivity index (χ1n) is 6.03. The van der Waals surface area contributed by atoms with Crippen LogP contribution in [0.4, 0.5) is 15.8 Å². The summed E-state index contributed by atoms with van der Waals surface area (Å²) in [5, 5.41) is 0. The second-order valence-electron chi connectivity index (χ2n) is 4.40. The van der Waals surface area contributed by atoms with Crippen molar-refractivity contribution in [3.05, 3.63) is 40.5 Å². The molecular weight excluding hydrogens is 351 g/mol. The van der Waals surface area contributed by atoms with E-state index in [0.29, 0.717) is 4.34 Å². The maximum Gasteiger partial charge on any atom is 0.271 e. The summed E-state index contributed by atoms with van der Waals surface area (Å²) >= 11 is 6.61. The van der Waals surface area contributed by atoms with Gasteiger partial charge in [0.15, 0.2) is 0 Å². The van der Waals surface area contributed by atoms with Crippen molar-refractivity contribution in [1.29, 1.82) is 0 Å². The number of benzene rings is 1. The molecule has 0 saturated carbocycles. The number of thiophene rings is 1. The van der Waals surface area contributed by atoms with Gasteiger partial charge < -0.3 is 4.90 Å². The molecule has 1 aromatic heterocycles. The minimum Gasteiger partial charge on any atom is -0.314 e. The highest BCUT2D eigenvalue weighted by Crippen LogP contribution is 2.31. The second kappa shape index (κ2) is 6.23. The van der Waals surface area contributed by atoms with E-state index in [4.69, 9.17) is 11.6 Å². The molecule has 0 saturated heterocycles. The number of nitrogens with zero attached hydrogens (tertiary/aromatic N) is 1. The Kier molecular flexibility index (Phi) is 4.74. The van der Waals surface area contributed by atoms with E-state index in [1.165, 1.54) is 37.1 Å². The zero-order valence-electron chi connectivity index (χ0n) is 11.6. The van der Waals surface area contributed by atoms with Crippen molar-refractivity contribution in [2.45, 2.75) is 11.1 Å². The number of hydrogen-bond donors (Lipinski definition) is 1. The van der Waals surface area contributed by atoms with Crippen LogP contribution in [0.3, 0.4) is 0 Å². The number of carbonyl (C=O) groups excluding carboxylic acids is 1. The third-order valence-corrected chi connectivity index (χ3v) is 5.94. The highest BCUT2D eigenvalue weighted by atomic mass is 35.5. The van der Waals surface area contributed by atoms with Crippen LogP contribution >= 0.6 is 22.9 Å². The lowest BCUT2D eigenvalue weighted by molar-refractivity contribution is -0.116. The molecule has 2 aromatic rings. The lowest BCUT2D eigenvalue weighted by Gasteiger charge is -2.19. The minimum atomic E-state index is -3.91. The van der Waals surface area contributed by atoms with Crippen molar-refractivity contribution < 1.29 is 17.6 Å². The van der Waals surface area contributed by atoms with Crippen LogP contribution in [0.2, 0.25) is 4.34 Å². The van der Waals surface area contributed by atoms with Gasteiger partial charge in [0, 0.05) is 20.0 Å². The third-order valence-electron chi connectivity index (χ3n) is 2.85. The SMILES string of the molecule is CC(=O)N(C)c1ccc(F)cc1NS(=O)(=O)c1ccc(Cl)s1. The fourth-order valence-electron chi connectivity index (χ4n) is 1.69. The van der Waals surface area contributed by atoms with Crippen LogP contribution in [0.1, 0.15) is 6.92 Å². The van der Waals surface area contributed by atoms with E-state index in [9.17, 15) is 17.6 Å². The Morgan fingerprint density at radius 2 is 2.00 bits per heavy atom. The molecule has 0 fully saturated rings. The Bertz CT molecular complexity index is 820. The number of amides is 1. The van der Waals surface area contributed by atoms with Gasteiger partial charge in [0.1, 0.15) is 10.0 Å². The molecule has 0 spiro atoms. The molecular formula is C13H12ClFN2O3S2. The van der Waals surface area contributed by atoms with Gasteiger partial charge in [0.2, 0.25) is 5.91 Å². The molecule has 5 nitrogen and oxygen atoms in total. The lowest BCUT2D eigenvalue weighted by atomic mass is 10.2. The molecule has 118 valence electrons. The van der Waals surface area contributed by atoms with E-state index < -0.39 is 15.8 Å². The van der Waals surface area contributed by atoms with Gasteiger partial charge in [0.25, 0.3) is 10.0 Å². The van der Waals surface area contributed by atoms with Crippen LogP contribution in [0.25, 0.3) is 0 Å². The summed E-state index contributed by atoms with van der Waals surface area (Å²) in [5.41, 5.74) is 0.224. The molecule has 0 unspecified atom stereocenters. The van der Waals surface area contributed by atoms with E-state index >= 15 is 0 Å². The average molecular weight is 363 g/mol. The summed E-state index contributed by atoms with van der Waals surface area (Å²) in [7, 11) is -2.44. The first-order valence-corrected chi connectivity index (χ1v) is 8.70. The maximum atomic E-state index is 13.4. The van der Waals surface area contributed by atoms with Gasteiger partial charge in [-0.05, 0) is 24.3 Å². The average Bonchev–Trinajstić information content (AvgIpc) is 2.85. The fraction of sp³-hybridized carbons (Fsp3) is 0.154. The molecule has 1 N–H and O–H groups in total. The first kappa shape index (κ1) is 16.7. The largest absolute Gasteiger partial charge is 0.314 e. The molecule has 9 heteroatoms. The number of rotatable bonds is 4. The van der Waals surface area contributed by atoms with Crippen molar-refractivity contribution in [3.63, 3.8) is 0 Å². The smallest absolute Gasteiger partial charge is 0.271 e. The molecule has 2 rings (SSSR count). The standard InChI is InChI=1S/C13H12ClFN2O3S2/c1-8(18)17(2)11-4-3-9(15)7-10(11)16-22(19,20)13-6-5-12(14)21-13/h3-7,16H,1-2H3. The van der Waals surface area contributed by atoms with E-state index in [-0.39, 0.29) is 21.5 Å². The quantitative estimate of drug-likeness (QED) is 0.907. The van der Waals surface area contributed by atoms with Crippen LogP contribution in [-0.2, 0) is 14.8 Å². The normalized spacial score (nSPS) is 11.3. The molecule has 1 heterocycles. The topological polar surface area (TPSA) is 66.5 Å². The monoisotopic (exact) mass is 362 g/mol. The molecule has 0 aliphatic rings. The molecule has 0 aliphatic heterocycles. The van der Waals surface area contributed by atoms with Gasteiger partial charge in [-0.3, -0.25) is 9.52 Å². The highest BCUT2D eigenvalue weighted by molar-refractivity contribution is 7.94. The third kappa shape index (κ3) is 3.57. The van der Waals surface area contributed by atoms with Gasteiger partial charge >= 0.3 is 0 Å². The summed E-state index contributed by atoms with van der Waals surface area (Å²) < 4.78 is 40.6. The lowest BCUT2D eigenvalue weighted by Crippen LogP contribution is -2.25. The molecule has 0 atom stereocenters. The molecule has 0 aliphatic carbocycles. The summed E-state index contributed by atoms with van der Waals surface area (Å²) in [6.45, 7) is 1.32. The zero-order valence-corrected chi connectivity index (χ0v) is 14.0. The van der Waals surface area contributed by atoms with Crippen molar-refractivity contribution in [2.75, 3.05) is 16.7 Å². The Labute approximate surface area is 136 Å². The molecule has 22 heavy (non-hydrogen) atoms. The Morgan fingerprint density at radius 1 is 1.32 bits per heavy atom. The molecule has 0 bridgehead atoms. The Morgan fingerprint density at radius 3 is 2.55 bits per heavy atom. The number of halogens is 2. The summed E-state index contributed by atoms with van der Waals surface area (Å²) in [6.07, 6.45) is 0. The van der Waals surface area contributed by atoms with Crippen LogP contribution in [-0.4, -0.2) is 21.4 Å². The summed E-state index contributed by atoms with van der Waals surface area (Å²) in [5.74, 6) is -0.936. The van der Waals surface area contributed by atoms with E-state index in [1.54, 1.807) is 0 Å². The molecule has 1 aromatic carbocycles. The number of anilines is 2. The number of nitrogens with one attached hydrogen (secondary N) is 1. The zero-order chi connectivity index (χ0) is 16.5. The van der Waals surface area contributed by atoms with E-state index in [1.807, 2.05) is 0 Å². The van der Waals surface area contributed by atoms with Crippen LogP contribution in [0, 0.1) is 5.82 Å². The Hall–Kier alpha value is -1.64. The van der Waals surface area contributed by atoms with Crippen LogP contribution in [0.15, 0.2) is 34.5 Å². The molecule has 1 amide bonds. The van der Waals surface area contributed by atoms with Crippen LogP contribution in [0.5, 0.6) is 0 Å². The van der Waals surface area contributed by atoms with Crippen molar-refractivity contribution in [3.8, 4) is 0 Å². The predicted octanol–water partition coefficient (Wildman–Crippen LogP) is 3.32. The number of sulfonamides is 1.